The monoisotopic (exact) mass is 602 g/mol. The molecule has 2 aliphatic heterocycles. The number of hydrogen-bond donors (Lipinski definition) is 1. The number of benzene rings is 2. The second-order valence-corrected chi connectivity index (χ2v) is 12.7. The number of hydrogen-bond acceptors (Lipinski definition) is 6. The molecule has 2 aliphatic rings. The predicted octanol–water partition coefficient (Wildman–Crippen LogP) is 8.39. The highest BCUT2D eigenvalue weighted by Crippen LogP contribution is 2.39. The van der Waals surface area contributed by atoms with Gasteiger partial charge in [-0.2, -0.15) is 0 Å². The van der Waals surface area contributed by atoms with E-state index >= 15 is 0 Å². The molecule has 4 heterocycles. The van der Waals surface area contributed by atoms with Gasteiger partial charge in [0.05, 0.1) is 36.2 Å². The van der Waals surface area contributed by atoms with Crippen molar-refractivity contribution >= 4 is 39.8 Å². The number of aromatic nitrogens is 3. The fourth-order valence-electron chi connectivity index (χ4n) is 5.42. The van der Waals surface area contributed by atoms with E-state index in [9.17, 15) is 0 Å². The minimum Gasteiger partial charge on any atom is -0.377 e. The maximum Gasteiger partial charge on any atom is 0.163 e. The molecule has 0 spiro atoms. The normalized spacial score (nSPS) is 17.3. The molecule has 6 rings (SSSR count). The molecule has 0 radical (unpaired) electrons. The van der Waals surface area contributed by atoms with Gasteiger partial charge in [0.15, 0.2) is 5.82 Å². The summed E-state index contributed by atoms with van der Waals surface area (Å²) in [5.41, 5.74) is 8.89. The molecule has 7 heteroatoms. The quantitative estimate of drug-likeness (QED) is 0.232. The fraction of sp³-hybridized carbons (Fsp3) is 0.342. The summed E-state index contributed by atoms with van der Waals surface area (Å²) >= 11 is 0. The number of ether oxygens (including phenoxy) is 1. The van der Waals surface area contributed by atoms with Crippen LogP contribution in [0.2, 0.25) is 0 Å². The van der Waals surface area contributed by atoms with Crippen LogP contribution in [0.1, 0.15) is 75.3 Å². The molecule has 1 unspecified atom stereocenters. The molecule has 1 atom stereocenters. The maximum absolute atomic E-state index is 5.96. The predicted molar refractivity (Wildman–Crippen MR) is 189 cm³/mol. The summed E-state index contributed by atoms with van der Waals surface area (Å²) in [4.78, 5) is 22.2. The molecule has 234 valence electrons. The van der Waals surface area contributed by atoms with Gasteiger partial charge in [-0.1, -0.05) is 83.2 Å². The van der Waals surface area contributed by atoms with E-state index in [1.807, 2.05) is 38.5 Å². The topological polar surface area (TPSA) is 69.6 Å². The molecule has 0 saturated carbocycles. The first-order chi connectivity index (χ1) is 21.6. The number of nitrogens with one attached hydrogen (secondary N) is 1. The minimum atomic E-state index is 0.0445. The number of aliphatic imine (C=N–C) groups is 1. The Morgan fingerprint density at radius 1 is 1.13 bits per heavy atom. The van der Waals surface area contributed by atoms with Crippen molar-refractivity contribution in [1.29, 1.82) is 0 Å². The van der Waals surface area contributed by atoms with Gasteiger partial charge in [-0.15, -0.1) is 0 Å². The van der Waals surface area contributed by atoms with E-state index < -0.39 is 0 Å². The standard InChI is InChI=1S/C32H32N6O.C6H14/c1-5-22(18-33-3)31-35-28-12-11-24(27-19-37(4)21(2)30-25(27)13-14-34-30)17-26(28)32(36-31)38-15-16-39-20-29(38)23-9-7-6-8-10-23;1-5-6(2,3)4/h5-14,17-19,29,34H,2,15-16,20H2,1,3-4H3;5H2,1-4H3/b22-5+,33-18?;. The van der Waals surface area contributed by atoms with E-state index in [2.05, 4.69) is 109 Å². The zero-order valence-corrected chi connectivity index (χ0v) is 27.8. The van der Waals surface area contributed by atoms with Gasteiger partial charge >= 0.3 is 0 Å². The van der Waals surface area contributed by atoms with Gasteiger partial charge in [-0.25, -0.2) is 9.97 Å². The van der Waals surface area contributed by atoms with Gasteiger partial charge in [0, 0.05) is 61.3 Å². The van der Waals surface area contributed by atoms with Crippen LogP contribution < -0.4 is 4.90 Å². The van der Waals surface area contributed by atoms with Crippen molar-refractivity contribution in [3.05, 3.63) is 108 Å². The van der Waals surface area contributed by atoms with Crippen molar-refractivity contribution < 1.29 is 4.74 Å². The highest BCUT2D eigenvalue weighted by molar-refractivity contribution is 6.09. The molecule has 1 N–H and O–H groups in total. The zero-order chi connectivity index (χ0) is 32.1. The van der Waals surface area contributed by atoms with Gasteiger partial charge in [0.1, 0.15) is 5.82 Å². The van der Waals surface area contributed by atoms with Crippen LogP contribution in [0, 0.1) is 5.41 Å². The van der Waals surface area contributed by atoms with Crippen LogP contribution in [-0.4, -0.2) is 59.9 Å². The lowest BCUT2D eigenvalue weighted by Crippen LogP contribution is -2.40. The van der Waals surface area contributed by atoms with Gasteiger partial charge in [-0.3, -0.25) is 4.99 Å². The SMILES string of the molecule is C=C1c2[nH]ccc2C(c2ccc3nc(/C(C=NC)=C/C)nc(N4CCOCC4c4ccccc4)c3c2)=CN1C.CCC(C)(C)C. The minimum absolute atomic E-state index is 0.0445. The molecule has 45 heavy (non-hydrogen) atoms. The van der Waals surface area contributed by atoms with Crippen LogP contribution in [-0.2, 0) is 4.74 Å². The molecule has 1 fully saturated rings. The second kappa shape index (κ2) is 13.7. The van der Waals surface area contributed by atoms with E-state index in [-0.39, 0.29) is 6.04 Å². The Morgan fingerprint density at radius 3 is 2.58 bits per heavy atom. The molecular weight excluding hydrogens is 556 g/mol. The third-order valence-corrected chi connectivity index (χ3v) is 8.54. The lowest BCUT2D eigenvalue weighted by molar-refractivity contribution is 0.0938. The molecule has 1 saturated heterocycles. The number of rotatable bonds is 5. The Balaban J connectivity index is 0.000000609. The summed E-state index contributed by atoms with van der Waals surface area (Å²) in [5, 5.41) is 1.01. The molecular formula is C38H46N6O. The Morgan fingerprint density at radius 2 is 1.89 bits per heavy atom. The zero-order valence-electron chi connectivity index (χ0n) is 27.8. The first-order valence-corrected chi connectivity index (χ1v) is 15.8. The highest BCUT2D eigenvalue weighted by atomic mass is 16.5. The number of anilines is 1. The van der Waals surface area contributed by atoms with Gasteiger partial charge in [0.25, 0.3) is 0 Å². The lowest BCUT2D eigenvalue weighted by atomic mass is 9.94. The number of H-pyrrole nitrogens is 1. The summed E-state index contributed by atoms with van der Waals surface area (Å²) in [6.45, 7) is 17.1. The molecule has 2 aromatic carbocycles. The summed E-state index contributed by atoms with van der Waals surface area (Å²) < 4.78 is 5.96. The third kappa shape index (κ3) is 6.94. The van der Waals surface area contributed by atoms with Crippen LogP contribution in [0.15, 0.2) is 84.6 Å². The Bertz CT molecular complexity index is 1740. The van der Waals surface area contributed by atoms with Crippen molar-refractivity contribution in [1.82, 2.24) is 19.9 Å². The van der Waals surface area contributed by atoms with Crippen molar-refractivity contribution in [2.24, 2.45) is 10.4 Å². The summed E-state index contributed by atoms with van der Waals surface area (Å²) in [7, 11) is 3.80. The number of allylic oxidation sites excluding steroid dienone is 2. The Labute approximate surface area is 268 Å². The average Bonchev–Trinajstić information content (AvgIpc) is 3.55. The van der Waals surface area contributed by atoms with E-state index in [1.165, 1.54) is 12.0 Å². The van der Waals surface area contributed by atoms with E-state index in [0.29, 0.717) is 24.5 Å². The number of nitrogens with zero attached hydrogens (tertiary/aromatic N) is 5. The van der Waals surface area contributed by atoms with Gasteiger partial charge in [-0.05, 0) is 41.7 Å². The van der Waals surface area contributed by atoms with Crippen LogP contribution >= 0.6 is 0 Å². The number of aromatic amines is 1. The first-order valence-electron chi connectivity index (χ1n) is 15.8. The molecule has 0 amide bonds. The van der Waals surface area contributed by atoms with Crippen molar-refractivity contribution in [2.75, 3.05) is 38.8 Å². The van der Waals surface area contributed by atoms with Gasteiger partial charge < -0.3 is 19.5 Å². The third-order valence-electron chi connectivity index (χ3n) is 8.54. The number of fused-ring (bicyclic) bond motifs is 2. The molecule has 7 nitrogen and oxygen atoms in total. The van der Waals surface area contributed by atoms with Crippen molar-refractivity contribution in [3.8, 4) is 0 Å². The van der Waals surface area contributed by atoms with Crippen LogP contribution in [0.25, 0.3) is 27.7 Å². The van der Waals surface area contributed by atoms with Gasteiger partial charge in [0.2, 0.25) is 0 Å². The van der Waals surface area contributed by atoms with Crippen LogP contribution in [0.5, 0.6) is 0 Å². The molecule has 0 aliphatic carbocycles. The van der Waals surface area contributed by atoms with E-state index in [0.717, 1.165) is 56.9 Å². The molecule has 4 aromatic rings. The van der Waals surface area contributed by atoms with Crippen molar-refractivity contribution in [2.45, 2.75) is 47.1 Å². The summed E-state index contributed by atoms with van der Waals surface area (Å²) in [6.07, 6.45) is 9.20. The maximum atomic E-state index is 5.96. The van der Waals surface area contributed by atoms with Crippen molar-refractivity contribution in [3.63, 3.8) is 0 Å². The Hall–Kier alpha value is -4.49. The smallest absolute Gasteiger partial charge is 0.163 e. The summed E-state index contributed by atoms with van der Waals surface area (Å²) in [6, 6.07) is 19.1. The number of morpholine rings is 1. The summed E-state index contributed by atoms with van der Waals surface area (Å²) in [5.74, 6) is 1.57. The Kier molecular flexibility index (Phi) is 9.68. The molecule has 2 aromatic heterocycles. The van der Waals surface area contributed by atoms with Crippen LogP contribution in [0.4, 0.5) is 5.82 Å². The van der Waals surface area contributed by atoms with E-state index in [1.54, 1.807) is 7.05 Å². The fourth-order valence-corrected chi connectivity index (χ4v) is 5.42. The van der Waals surface area contributed by atoms with Crippen LogP contribution in [0.3, 0.4) is 0 Å². The highest BCUT2D eigenvalue weighted by Gasteiger charge is 2.29. The first kappa shape index (κ1) is 31.9. The largest absolute Gasteiger partial charge is 0.377 e. The second-order valence-electron chi connectivity index (χ2n) is 12.7. The molecule has 0 bridgehead atoms. The lowest BCUT2D eigenvalue weighted by Gasteiger charge is -2.37. The van der Waals surface area contributed by atoms with E-state index in [4.69, 9.17) is 14.7 Å². The average molecular weight is 603 g/mol.